The number of carbonyl (C=O) groups is 1. The minimum atomic E-state index is -0.838. The molecule has 0 aliphatic heterocycles. The number of benzene rings is 2. The van der Waals surface area contributed by atoms with Gasteiger partial charge in [-0.1, -0.05) is 35.9 Å². The van der Waals surface area contributed by atoms with E-state index in [9.17, 15) is 14.9 Å². The summed E-state index contributed by atoms with van der Waals surface area (Å²) in [4.78, 5) is 22.6. The maximum absolute atomic E-state index is 11.6. The minimum absolute atomic E-state index is 0.00703. The second-order valence-corrected chi connectivity index (χ2v) is 5.54. The number of esters is 1. The number of nitrogens with two attached hydrogens (primary N) is 1. The Morgan fingerprint density at radius 2 is 1.92 bits per heavy atom. The molecular formula is C18H20N2O4. The summed E-state index contributed by atoms with van der Waals surface area (Å²) in [5.41, 5.74) is 8.79. The molecule has 0 heterocycles. The molecule has 2 rings (SSSR count). The largest absolute Gasteiger partial charge is 0.465 e. The zero-order valence-electron chi connectivity index (χ0n) is 13.7. The van der Waals surface area contributed by atoms with Gasteiger partial charge in [-0.15, -0.1) is 0 Å². The molecule has 126 valence electrons. The maximum atomic E-state index is 11.6. The van der Waals surface area contributed by atoms with Crippen LogP contribution in [0.3, 0.4) is 0 Å². The number of nitro groups is 1. The highest BCUT2D eigenvalue weighted by Gasteiger charge is 2.20. The van der Waals surface area contributed by atoms with E-state index < -0.39 is 16.9 Å². The molecule has 2 aromatic rings. The molecule has 6 heteroatoms. The maximum Gasteiger partial charge on any atom is 0.323 e. The molecule has 0 radical (unpaired) electrons. The number of nitro benzene ring substituents is 1. The normalized spacial score (nSPS) is 11.8. The van der Waals surface area contributed by atoms with Gasteiger partial charge in [-0.25, -0.2) is 0 Å². The van der Waals surface area contributed by atoms with Crippen molar-refractivity contribution < 1.29 is 14.5 Å². The third-order valence-corrected chi connectivity index (χ3v) is 3.67. The van der Waals surface area contributed by atoms with Crippen LogP contribution in [0.1, 0.15) is 18.1 Å². The van der Waals surface area contributed by atoms with Gasteiger partial charge >= 0.3 is 5.97 Å². The second kappa shape index (κ2) is 7.70. The number of nitrogens with zero attached hydrogens (tertiary/aromatic N) is 1. The summed E-state index contributed by atoms with van der Waals surface area (Å²) >= 11 is 0. The van der Waals surface area contributed by atoms with Crippen molar-refractivity contribution in [2.45, 2.75) is 26.3 Å². The standard InChI is InChI=1S/C18H20N2O4/c1-3-24-18(21)16(19)10-13-6-9-15(17(11-13)20(22)23)14-7-4-12(2)5-8-14/h4-9,11,16H,3,10,19H2,1-2H3/t16-/m0/s1. The third kappa shape index (κ3) is 4.17. The van der Waals surface area contributed by atoms with Gasteiger partial charge in [0, 0.05) is 6.07 Å². The van der Waals surface area contributed by atoms with Crippen molar-refractivity contribution >= 4 is 11.7 Å². The molecule has 0 bridgehead atoms. The van der Waals surface area contributed by atoms with E-state index in [1.165, 1.54) is 6.07 Å². The Bertz CT molecular complexity index is 741. The van der Waals surface area contributed by atoms with E-state index in [2.05, 4.69) is 0 Å². The van der Waals surface area contributed by atoms with E-state index in [0.29, 0.717) is 11.1 Å². The van der Waals surface area contributed by atoms with Crippen molar-refractivity contribution in [2.75, 3.05) is 6.61 Å². The number of aryl methyl sites for hydroxylation is 1. The van der Waals surface area contributed by atoms with Crippen LogP contribution in [-0.4, -0.2) is 23.5 Å². The summed E-state index contributed by atoms with van der Waals surface area (Å²) in [6.07, 6.45) is 0.188. The summed E-state index contributed by atoms with van der Waals surface area (Å²) in [5.74, 6) is -0.511. The summed E-state index contributed by atoms with van der Waals surface area (Å²) < 4.78 is 4.86. The zero-order chi connectivity index (χ0) is 17.7. The zero-order valence-corrected chi connectivity index (χ0v) is 13.7. The summed E-state index contributed by atoms with van der Waals surface area (Å²) in [6.45, 7) is 3.91. The predicted octanol–water partition coefficient (Wildman–Crippen LogP) is 3.00. The van der Waals surface area contributed by atoms with Crippen LogP contribution in [0, 0.1) is 17.0 Å². The molecule has 2 N–H and O–H groups in total. The molecule has 0 unspecified atom stereocenters. The first-order chi connectivity index (χ1) is 11.4. The lowest BCUT2D eigenvalue weighted by Gasteiger charge is -2.11. The van der Waals surface area contributed by atoms with Gasteiger partial charge in [0.25, 0.3) is 5.69 Å². The van der Waals surface area contributed by atoms with Gasteiger partial charge in [-0.2, -0.15) is 0 Å². The van der Waals surface area contributed by atoms with Crippen LogP contribution in [0.15, 0.2) is 42.5 Å². The number of carbonyl (C=O) groups excluding carboxylic acids is 1. The first-order valence-corrected chi connectivity index (χ1v) is 7.69. The Morgan fingerprint density at radius 1 is 1.25 bits per heavy atom. The van der Waals surface area contributed by atoms with Crippen molar-refractivity contribution in [3.05, 3.63) is 63.7 Å². The fourth-order valence-electron chi connectivity index (χ4n) is 2.42. The monoisotopic (exact) mass is 328 g/mol. The number of hydrogen-bond donors (Lipinski definition) is 1. The van der Waals surface area contributed by atoms with E-state index in [1.54, 1.807) is 19.1 Å². The van der Waals surface area contributed by atoms with Crippen LogP contribution in [0.4, 0.5) is 5.69 Å². The Labute approximate surface area is 140 Å². The van der Waals surface area contributed by atoms with E-state index >= 15 is 0 Å². The Morgan fingerprint density at radius 3 is 2.50 bits per heavy atom. The minimum Gasteiger partial charge on any atom is -0.465 e. The molecule has 0 aromatic heterocycles. The quantitative estimate of drug-likeness (QED) is 0.499. The van der Waals surface area contributed by atoms with E-state index in [0.717, 1.165) is 11.1 Å². The SMILES string of the molecule is CCOC(=O)[C@@H](N)Cc1ccc(-c2ccc(C)cc2)c([N+](=O)[O-])c1. The summed E-state index contributed by atoms with van der Waals surface area (Å²) in [7, 11) is 0. The molecule has 0 amide bonds. The van der Waals surface area contributed by atoms with Crippen molar-refractivity contribution in [2.24, 2.45) is 5.73 Å². The highest BCUT2D eigenvalue weighted by Crippen LogP contribution is 2.31. The lowest BCUT2D eigenvalue weighted by atomic mass is 9.98. The van der Waals surface area contributed by atoms with Gasteiger partial charge in [0.1, 0.15) is 6.04 Å². The Balaban J connectivity index is 2.31. The highest BCUT2D eigenvalue weighted by atomic mass is 16.6. The molecule has 24 heavy (non-hydrogen) atoms. The molecule has 6 nitrogen and oxygen atoms in total. The van der Waals surface area contributed by atoms with Gasteiger partial charge in [-0.3, -0.25) is 14.9 Å². The second-order valence-electron chi connectivity index (χ2n) is 5.54. The van der Waals surface area contributed by atoms with Crippen molar-refractivity contribution in [1.82, 2.24) is 0 Å². The number of ether oxygens (including phenoxy) is 1. The predicted molar refractivity (Wildman–Crippen MR) is 91.6 cm³/mol. The lowest BCUT2D eigenvalue weighted by molar-refractivity contribution is -0.384. The molecule has 1 atom stereocenters. The molecule has 0 fully saturated rings. The van der Waals surface area contributed by atoms with E-state index in [1.807, 2.05) is 31.2 Å². The van der Waals surface area contributed by atoms with Gasteiger partial charge in [-0.05, 0) is 37.5 Å². The fourth-order valence-corrected chi connectivity index (χ4v) is 2.42. The van der Waals surface area contributed by atoms with Crippen LogP contribution in [0.2, 0.25) is 0 Å². The van der Waals surface area contributed by atoms with Crippen LogP contribution < -0.4 is 5.73 Å². The van der Waals surface area contributed by atoms with Crippen LogP contribution in [-0.2, 0) is 16.0 Å². The first-order valence-electron chi connectivity index (χ1n) is 7.69. The van der Waals surface area contributed by atoms with Crippen molar-refractivity contribution in [1.29, 1.82) is 0 Å². The first kappa shape index (κ1) is 17.6. The lowest BCUT2D eigenvalue weighted by Crippen LogP contribution is -2.34. The average molecular weight is 328 g/mol. The van der Waals surface area contributed by atoms with E-state index in [4.69, 9.17) is 10.5 Å². The summed E-state index contributed by atoms with van der Waals surface area (Å²) in [6, 6.07) is 11.6. The van der Waals surface area contributed by atoms with Crippen LogP contribution in [0.5, 0.6) is 0 Å². The van der Waals surface area contributed by atoms with Gasteiger partial charge in [0.2, 0.25) is 0 Å². The molecule has 0 aliphatic carbocycles. The topological polar surface area (TPSA) is 95.5 Å². The molecule has 0 aliphatic rings. The number of hydrogen-bond acceptors (Lipinski definition) is 5. The van der Waals surface area contributed by atoms with Crippen molar-refractivity contribution in [3.8, 4) is 11.1 Å². The molecular weight excluding hydrogens is 308 g/mol. The summed E-state index contributed by atoms with van der Waals surface area (Å²) in [5, 5.41) is 11.4. The molecule has 0 saturated heterocycles. The Kier molecular flexibility index (Phi) is 5.65. The fraction of sp³-hybridized carbons (Fsp3) is 0.278. The third-order valence-electron chi connectivity index (χ3n) is 3.67. The van der Waals surface area contributed by atoms with Crippen LogP contribution in [0.25, 0.3) is 11.1 Å². The van der Waals surface area contributed by atoms with E-state index in [-0.39, 0.29) is 18.7 Å². The van der Waals surface area contributed by atoms with Crippen LogP contribution >= 0.6 is 0 Å². The van der Waals surface area contributed by atoms with Crippen molar-refractivity contribution in [3.63, 3.8) is 0 Å². The average Bonchev–Trinajstić information content (AvgIpc) is 2.55. The molecule has 0 saturated carbocycles. The Hall–Kier alpha value is -2.73. The van der Waals surface area contributed by atoms with Gasteiger partial charge < -0.3 is 10.5 Å². The van der Waals surface area contributed by atoms with Gasteiger partial charge in [0.15, 0.2) is 0 Å². The molecule has 2 aromatic carbocycles. The number of rotatable bonds is 6. The highest BCUT2D eigenvalue weighted by molar-refractivity contribution is 5.77. The molecule has 0 spiro atoms. The smallest absolute Gasteiger partial charge is 0.323 e. The van der Waals surface area contributed by atoms with Gasteiger partial charge in [0.05, 0.1) is 17.1 Å².